The molecule has 31 heavy (non-hydrogen) atoms. The van der Waals surface area contributed by atoms with Gasteiger partial charge >= 0.3 is 0 Å². The molecule has 0 heterocycles. The Bertz CT molecular complexity index is 1150. The average Bonchev–Trinajstić information content (AvgIpc) is 2.75. The Morgan fingerprint density at radius 1 is 0.968 bits per heavy atom. The maximum absolute atomic E-state index is 13.5. The van der Waals surface area contributed by atoms with Crippen LogP contribution in [0.2, 0.25) is 5.02 Å². The molecule has 3 aromatic carbocycles. The van der Waals surface area contributed by atoms with Gasteiger partial charge in [0.05, 0.1) is 11.4 Å². The molecule has 3 rings (SSSR count). The van der Waals surface area contributed by atoms with Gasteiger partial charge in [-0.1, -0.05) is 54.1 Å². The van der Waals surface area contributed by atoms with Crippen LogP contribution in [0, 0.1) is 13.8 Å². The van der Waals surface area contributed by atoms with E-state index in [1.807, 2.05) is 43.3 Å². The number of rotatable bonds is 8. The van der Waals surface area contributed by atoms with Crippen molar-refractivity contribution < 1.29 is 13.2 Å². The summed E-state index contributed by atoms with van der Waals surface area (Å²) in [5, 5.41) is 3.30. The van der Waals surface area contributed by atoms with Crippen molar-refractivity contribution in [1.29, 1.82) is 0 Å². The van der Waals surface area contributed by atoms with E-state index in [4.69, 9.17) is 11.6 Å². The highest BCUT2D eigenvalue weighted by Crippen LogP contribution is 2.22. The van der Waals surface area contributed by atoms with Gasteiger partial charge in [-0.2, -0.15) is 4.31 Å². The fraction of sp³-hybridized carbons (Fsp3) is 0.208. The standard InChI is InChI=1S/C24H25ClN2O3S/c1-18-8-9-19(2)23(16-18)31(29,30)27(15-14-20-6-4-3-5-7-20)17-24(28)26-22-12-10-21(25)11-13-22/h3-13,16H,14-15,17H2,1-2H3,(H,26,28). The molecule has 5 nitrogen and oxygen atoms in total. The van der Waals surface area contributed by atoms with Crippen LogP contribution in [0.1, 0.15) is 16.7 Å². The molecule has 0 aliphatic heterocycles. The van der Waals surface area contributed by atoms with Crippen LogP contribution in [0.4, 0.5) is 5.69 Å². The smallest absolute Gasteiger partial charge is 0.243 e. The lowest BCUT2D eigenvalue weighted by molar-refractivity contribution is -0.116. The zero-order valence-corrected chi connectivity index (χ0v) is 19.1. The summed E-state index contributed by atoms with van der Waals surface area (Å²) in [6.45, 7) is 3.51. The number of benzene rings is 3. The molecule has 0 bridgehead atoms. The molecular formula is C24H25ClN2O3S. The van der Waals surface area contributed by atoms with Crippen LogP contribution in [0.25, 0.3) is 0 Å². The van der Waals surface area contributed by atoms with Crippen LogP contribution in [0.5, 0.6) is 0 Å². The highest BCUT2D eigenvalue weighted by atomic mass is 35.5. The van der Waals surface area contributed by atoms with Crippen LogP contribution in [-0.2, 0) is 21.2 Å². The number of anilines is 1. The Morgan fingerprint density at radius 2 is 1.65 bits per heavy atom. The highest BCUT2D eigenvalue weighted by Gasteiger charge is 2.28. The topological polar surface area (TPSA) is 66.5 Å². The molecule has 0 radical (unpaired) electrons. The molecule has 0 aliphatic rings. The molecule has 7 heteroatoms. The number of carbonyl (C=O) groups excluding carboxylic acids is 1. The second kappa shape index (κ2) is 10.1. The SMILES string of the molecule is Cc1ccc(C)c(S(=O)(=O)N(CCc2ccccc2)CC(=O)Nc2ccc(Cl)cc2)c1. The van der Waals surface area contributed by atoms with Crippen LogP contribution >= 0.6 is 11.6 Å². The van der Waals surface area contributed by atoms with Gasteiger partial charge in [0.2, 0.25) is 15.9 Å². The predicted octanol–water partition coefficient (Wildman–Crippen LogP) is 4.83. The maximum atomic E-state index is 13.5. The molecular weight excluding hydrogens is 432 g/mol. The third-order valence-electron chi connectivity index (χ3n) is 4.90. The zero-order chi connectivity index (χ0) is 22.4. The normalized spacial score (nSPS) is 11.5. The third kappa shape index (κ3) is 6.17. The van der Waals surface area contributed by atoms with Crippen molar-refractivity contribution >= 4 is 33.2 Å². The van der Waals surface area contributed by atoms with E-state index in [-0.39, 0.29) is 18.0 Å². The van der Waals surface area contributed by atoms with Crippen LogP contribution in [-0.4, -0.2) is 31.7 Å². The fourth-order valence-electron chi connectivity index (χ4n) is 3.20. The molecule has 1 amide bonds. The minimum absolute atomic E-state index is 0.188. The summed E-state index contributed by atoms with van der Waals surface area (Å²) in [6.07, 6.45) is 0.499. The Morgan fingerprint density at radius 3 is 2.32 bits per heavy atom. The molecule has 0 atom stereocenters. The minimum atomic E-state index is -3.87. The number of aryl methyl sites for hydroxylation is 2. The third-order valence-corrected chi connectivity index (χ3v) is 7.14. The quantitative estimate of drug-likeness (QED) is 0.528. The number of carbonyl (C=O) groups is 1. The van der Waals surface area contributed by atoms with Crippen LogP contribution in [0.3, 0.4) is 0 Å². The lowest BCUT2D eigenvalue weighted by Gasteiger charge is -2.23. The maximum Gasteiger partial charge on any atom is 0.243 e. The second-order valence-corrected chi connectivity index (χ2v) is 9.74. The summed E-state index contributed by atoms with van der Waals surface area (Å²) in [7, 11) is -3.87. The van der Waals surface area contributed by atoms with Gasteiger partial charge in [0.25, 0.3) is 0 Å². The van der Waals surface area contributed by atoms with Crippen molar-refractivity contribution in [3.05, 3.63) is 94.5 Å². The molecule has 0 spiro atoms. The summed E-state index contributed by atoms with van der Waals surface area (Å²) in [4.78, 5) is 12.9. The van der Waals surface area contributed by atoms with E-state index in [0.717, 1.165) is 11.1 Å². The molecule has 1 N–H and O–H groups in total. The molecule has 0 saturated carbocycles. The number of sulfonamides is 1. The minimum Gasteiger partial charge on any atom is -0.325 e. The van der Waals surface area contributed by atoms with Gasteiger partial charge in [-0.3, -0.25) is 4.79 Å². The van der Waals surface area contributed by atoms with E-state index in [0.29, 0.717) is 22.7 Å². The van der Waals surface area contributed by atoms with Crippen molar-refractivity contribution in [2.75, 3.05) is 18.4 Å². The molecule has 3 aromatic rings. The Kier molecular flexibility index (Phi) is 7.49. The number of halogens is 1. The van der Waals surface area contributed by atoms with Crippen molar-refractivity contribution in [2.24, 2.45) is 0 Å². The van der Waals surface area contributed by atoms with E-state index in [2.05, 4.69) is 5.32 Å². The van der Waals surface area contributed by atoms with Crippen LogP contribution < -0.4 is 5.32 Å². The summed E-state index contributed by atoms with van der Waals surface area (Å²) in [6, 6.07) is 21.6. The summed E-state index contributed by atoms with van der Waals surface area (Å²) < 4.78 is 28.2. The first kappa shape index (κ1) is 23.0. The van der Waals surface area contributed by atoms with Crippen LogP contribution in [0.15, 0.2) is 77.7 Å². The van der Waals surface area contributed by atoms with E-state index in [9.17, 15) is 13.2 Å². The van der Waals surface area contributed by atoms with Crippen molar-refractivity contribution in [3.8, 4) is 0 Å². The average molecular weight is 457 g/mol. The lowest BCUT2D eigenvalue weighted by atomic mass is 10.1. The van der Waals surface area contributed by atoms with Gasteiger partial charge in [-0.25, -0.2) is 8.42 Å². The summed E-state index contributed by atoms with van der Waals surface area (Å²) >= 11 is 5.89. The first-order valence-electron chi connectivity index (χ1n) is 9.92. The van der Waals surface area contributed by atoms with Gasteiger partial charge in [-0.15, -0.1) is 0 Å². The second-order valence-electron chi connectivity index (χ2n) is 7.40. The first-order chi connectivity index (χ1) is 14.8. The van der Waals surface area contributed by atoms with Crippen molar-refractivity contribution in [1.82, 2.24) is 4.31 Å². The number of hydrogen-bond acceptors (Lipinski definition) is 3. The van der Waals surface area contributed by atoms with Gasteiger partial charge in [0.15, 0.2) is 0 Å². The molecule has 0 aliphatic carbocycles. The number of nitrogens with one attached hydrogen (secondary N) is 1. The van der Waals surface area contributed by atoms with Gasteiger partial charge in [0.1, 0.15) is 0 Å². The largest absolute Gasteiger partial charge is 0.325 e. The first-order valence-corrected chi connectivity index (χ1v) is 11.7. The highest BCUT2D eigenvalue weighted by molar-refractivity contribution is 7.89. The monoisotopic (exact) mass is 456 g/mol. The van der Waals surface area contributed by atoms with Gasteiger partial charge in [-0.05, 0) is 67.3 Å². The van der Waals surface area contributed by atoms with Gasteiger partial charge < -0.3 is 5.32 Å². The molecule has 0 saturated heterocycles. The molecule has 0 aromatic heterocycles. The number of hydrogen-bond donors (Lipinski definition) is 1. The summed E-state index contributed by atoms with van der Waals surface area (Å²) in [5.41, 5.74) is 3.05. The van der Waals surface area contributed by atoms with Crippen molar-refractivity contribution in [3.63, 3.8) is 0 Å². The Balaban J connectivity index is 1.85. The number of nitrogens with zero attached hydrogens (tertiary/aromatic N) is 1. The molecule has 0 fully saturated rings. The van der Waals surface area contributed by atoms with Crippen molar-refractivity contribution in [2.45, 2.75) is 25.2 Å². The zero-order valence-electron chi connectivity index (χ0n) is 17.5. The van der Waals surface area contributed by atoms with E-state index in [1.54, 1.807) is 43.3 Å². The fourth-order valence-corrected chi connectivity index (χ4v) is 5.03. The van der Waals surface area contributed by atoms with E-state index >= 15 is 0 Å². The molecule has 0 unspecified atom stereocenters. The van der Waals surface area contributed by atoms with E-state index in [1.165, 1.54) is 4.31 Å². The Labute approximate surface area is 188 Å². The Hall–Kier alpha value is -2.67. The lowest BCUT2D eigenvalue weighted by Crippen LogP contribution is -2.39. The number of amides is 1. The predicted molar refractivity (Wildman–Crippen MR) is 125 cm³/mol. The molecule has 162 valence electrons. The van der Waals surface area contributed by atoms with Gasteiger partial charge in [0, 0.05) is 17.3 Å². The summed E-state index contributed by atoms with van der Waals surface area (Å²) in [5.74, 6) is -0.413. The van der Waals surface area contributed by atoms with E-state index < -0.39 is 15.9 Å².